The van der Waals surface area contributed by atoms with Crippen molar-refractivity contribution in [1.29, 1.82) is 0 Å². The predicted octanol–water partition coefficient (Wildman–Crippen LogP) is 3.90. The predicted molar refractivity (Wildman–Crippen MR) is 136 cm³/mol. The summed E-state index contributed by atoms with van der Waals surface area (Å²) < 4.78 is 4.15. The fourth-order valence-corrected chi connectivity index (χ4v) is 3.50. The van der Waals surface area contributed by atoms with E-state index in [4.69, 9.17) is 0 Å². The van der Waals surface area contributed by atoms with E-state index in [2.05, 4.69) is 55.4 Å². The van der Waals surface area contributed by atoms with Crippen molar-refractivity contribution in [1.82, 2.24) is 30.0 Å². The molecule has 4 aromatic rings. The molecule has 0 saturated heterocycles. The third kappa shape index (κ3) is 5.63. The second-order valence-electron chi connectivity index (χ2n) is 7.13. The summed E-state index contributed by atoms with van der Waals surface area (Å²) in [5.41, 5.74) is 4.39. The normalized spacial score (nSPS) is 11.4. The first kappa shape index (κ1) is 22.8. The standard InChI is InChI=1S/C23H27N7.HI/c1-18-28-21-11-6-7-12-22(21)29(18)14-8-13-25-23(24-2)26-15-19-16-27-30(17-19)20-9-4-3-5-10-20;/h3-7,9-12,16-17H,8,13-15H2,1-2H3,(H2,24,25,26);1H. The number of aliphatic imine (C=N–C) groups is 1. The first-order valence-corrected chi connectivity index (χ1v) is 10.2. The van der Waals surface area contributed by atoms with Gasteiger partial charge in [-0.25, -0.2) is 9.67 Å². The molecule has 0 aliphatic carbocycles. The first-order chi connectivity index (χ1) is 14.7. The Kier molecular flexibility index (Phi) is 8.05. The number of aryl methyl sites for hydroxylation is 2. The molecule has 31 heavy (non-hydrogen) atoms. The fourth-order valence-electron chi connectivity index (χ4n) is 3.50. The average molecular weight is 529 g/mol. The van der Waals surface area contributed by atoms with Crippen LogP contribution in [0.15, 0.2) is 72.0 Å². The number of para-hydroxylation sites is 3. The van der Waals surface area contributed by atoms with E-state index in [1.807, 2.05) is 53.5 Å². The number of nitrogens with zero attached hydrogens (tertiary/aromatic N) is 5. The zero-order chi connectivity index (χ0) is 20.8. The zero-order valence-corrected chi connectivity index (χ0v) is 20.2. The largest absolute Gasteiger partial charge is 0.356 e. The highest BCUT2D eigenvalue weighted by atomic mass is 127. The van der Waals surface area contributed by atoms with Crippen molar-refractivity contribution in [2.24, 2.45) is 4.99 Å². The Morgan fingerprint density at radius 2 is 1.81 bits per heavy atom. The van der Waals surface area contributed by atoms with E-state index in [-0.39, 0.29) is 24.0 Å². The molecule has 0 spiro atoms. The summed E-state index contributed by atoms with van der Waals surface area (Å²) in [5.74, 6) is 1.84. The van der Waals surface area contributed by atoms with Crippen LogP contribution in [0.2, 0.25) is 0 Å². The Morgan fingerprint density at radius 3 is 2.61 bits per heavy atom. The lowest BCUT2D eigenvalue weighted by atomic mass is 10.3. The minimum absolute atomic E-state index is 0. The Hall–Kier alpha value is -2.88. The van der Waals surface area contributed by atoms with Crippen molar-refractivity contribution >= 4 is 41.0 Å². The first-order valence-electron chi connectivity index (χ1n) is 10.2. The third-order valence-electron chi connectivity index (χ3n) is 5.04. The van der Waals surface area contributed by atoms with Crippen LogP contribution in [0, 0.1) is 6.92 Å². The Balaban J connectivity index is 0.00000272. The molecule has 0 atom stereocenters. The monoisotopic (exact) mass is 529 g/mol. The van der Waals surface area contributed by atoms with E-state index in [0.29, 0.717) is 6.54 Å². The van der Waals surface area contributed by atoms with E-state index in [9.17, 15) is 0 Å². The number of aromatic nitrogens is 4. The van der Waals surface area contributed by atoms with Gasteiger partial charge < -0.3 is 15.2 Å². The molecule has 0 fully saturated rings. The lowest BCUT2D eigenvalue weighted by Gasteiger charge is -2.12. The quantitative estimate of drug-likeness (QED) is 0.165. The third-order valence-corrected chi connectivity index (χ3v) is 5.04. The summed E-state index contributed by atoms with van der Waals surface area (Å²) in [5, 5.41) is 11.2. The molecular weight excluding hydrogens is 501 g/mol. The second-order valence-corrected chi connectivity index (χ2v) is 7.13. The molecule has 2 N–H and O–H groups in total. The summed E-state index contributed by atoms with van der Waals surface area (Å²) in [6, 6.07) is 18.4. The average Bonchev–Trinajstić information content (AvgIpc) is 3.38. The number of hydrogen-bond donors (Lipinski definition) is 2. The molecule has 2 heterocycles. The molecule has 0 unspecified atom stereocenters. The molecule has 2 aromatic heterocycles. The van der Waals surface area contributed by atoms with Crippen LogP contribution in [0.5, 0.6) is 0 Å². The maximum absolute atomic E-state index is 4.63. The maximum atomic E-state index is 4.63. The number of halogens is 1. The lowest BCUT2D eigenvalue weighted by molar-refractivity contribution is 0.624. The van der Waals surface area contributed by atoms with Crippen molar-refractivity contribution in [2.45, 2.75) is 26.4 Å². The molecular formula is C23H28IN7. The van der Waals surface area contributed by atoms with Gasteiger partial charge in [-0.05, 0) is 37.6 Å². The number of rotatable bonds is 7. The maximum Gasteiger partial charge on any atom is 0.191 e. The SMILES string of the molecule is CN=C(NCCCn1c(C)nc2ccccc21)NCc1cnn(-c2ccccc2)c1.I. The summed E-state index contributed by atoms with van der Waals surface area (Å²) in [7, 11) is 1.79. The van der Waals surface area contributed by atoms with E-state index in [1.54, 1.807) is 7.05 Å². The van der Waals surface area contributed by atoms with Crippen LogP contribution in [0.3, 0.4) is 0 Å². The highest BCUT2D eigenvalue weighted by molar-refractivity contribution is 14.0. The topological polar surface area (TPSA) is 72.1 Å². The van der Waals surface area contributed by atoms with Gasteiger partial charge in [-0.2, -0.15) is 5.10 Å². The van der Waals surface area contributed by atoms with Crippen LogP contribution in [0.25, 0.3) is 16.7 Å². The van der Waals surface area contributed by atoms with Crippen LogP contribution in [0.4, 0.5) is 0 Å². The highest BCUT2D eigenvalue weighted by Gasteiger charge is 2.06. The molecule has 4 rings (SSSR count). The molecule has 0 bridgehead atoms. The van der Waals surface area contributed by atoms with E-state index < -0.39 is 0 Å². The van der Waals surface area contributed by atoms with E-state index in [0.717, 1.165) is 48.1 Å². The van der Waals surface area contributed by atoms with Gasteiger partial charge in [-0.3, -0.25) is 4.99 Å². The van der Waals surface area contributed by atoms with Crippen molar-refractivity contribution in [3.05, 3.63) is 78.4 Å². The van der Waals surface area contributed by atoms with Crippen molar-refractivity contribution < 1.29 is 0 Å². The molecule has 2 aromatic carbocycles. The van der Waals surface area contributed by atoms with Crippen LogP contribution in [-0.4, -0.2) is 38.9 Å². The molecule has 162 valence electrons. The number of benzene rings is 2. The lowest BCUT2D eigenvalue weighted by Crippen LogP contribution is -2.37. The molecule has 0 aliphatic rings. The summed E-state index contributed by atoms with van der Waals surface area (Å²) in [6.45, 7) is 4.47. The van der Waals surface area contributed by atoms with Gasteiger partial charge in [0.05, 0.1) is 22.9 Å². The Bertz CT molecular complexity index is 1130. The second kappa shape index (κ2) is 10.9. The number of hydrogen-bond acceptors (Lipinski definition) is 3. The van der Waals surface area contributed by atoms with Crippen molar-refractivity contribution in [3.8, 4) is 5.69 Å². The summed E-state index contributed by atoms with van der Waals surface area (Å²) in [6.07, 6.45) is 4.89. The Morgan fingerprint density at radius 1 is 1.03 bits per heavy atom. The van der Waals surface area contributed by atoms with Gasteiger partial charge in [-0.1, -0.05) is 30.3 Å². The zero-order valence-electron chi connectivity index (χ0n) is 17.8. The molecule has 8 heteroatoms. The van der Waals surface area contributed by atoms with Crippen molar-refractivity contribution in [2.75, 3.05) is 13.6 Å². The molecule has 0 amide bonds. The number of nitrogens with one attached hydrogen (secondary N) is 2. The van der Waals surface area contributed by atoms with Gasteiger partial charge >= 0.3 is 0 Å². The van der Waals surface area contributed by atoms with Crippen LogP contribution in [0.1, 0.15) is 17.8 Å². The minimum atomic E-state index is 0. The van der Waals surface area contributed by atoms with Gasteiger partial charge in [0, 0.05) is 38.4 Å². The number of imidazole rings is 1. The van der Waals surface area contributed by atoms with Crippen LogP contribution >= 0.6 is 24.0 Å². The smallest absolute Gasteiger partial charge is 0.191 e. The minimum Gasteiger partial charge on any atom is -0.356 e. The van der Waals surface area contributed by atoms with Crippen LogP contribution < -0.4 is 10.6 Å². The van der Waals surface area contributed by atoms with Gasteiger partial charge in [0.2, 0.25) is 0 Å². The summed E-state index contributed by atoms with van der Waals surface area (Å²) >= 11 is 0. The van der Waals surface area contributed by atoms with E-state index in [1.165, 1.54) is 5.52 Å². The van der Waals surface area contributed by atoms with Crippen molar-refractivity contribution in [3.63, 3.8) is 0 Å². The van der Waals surface area contributed by atoms with Gasteiger partial charge in [-0.15, -0.1) is 24.0 Å². The van der Waals surface area contributed by atoms with Gasteiger partial charge in [0.25, 0.3) is 0 Å². The fraction of sp³-hybridized carbons (Fsp3) is 0.261. The number of fused-ring (bicyclic) bond motifs is 1. The summed E-state index contributed by atoms with van der Waals surface area (Å²) in [4.78, 5) is 8.95. The highest BCUT2D eigenvalue weighted by Crippen LogP contribution is 2.15. The molecule has 0 saturated carbocycles. The Labute approximate surface area is 199 Å². The molecule has 0 radical (unpaired) electrons. The molecule has 0 aliphatic heterocycles. The molecule has 7 nitrogen and oxygen atoms in total. The number of guanidine groups is 1. The van der Waals surface area contributed by atoms with Crippen LogP contribution in [-0.2, 0) is 13.1 Å². The van der Waals surface area contributed by atoms with Gasteiger partial charge in [0.1, 0.15) is 5.82 Å². The van der Waals surface area contributed by atoms with Gasteiger partial charge in [0.15, 0.2) is 5.96 Å². The van der Waals surface area contributed by atoms with E-state index >= 15 is 0 Å².